The summed E-state index contributed by atoms with van der Waals surface area (Å²) in [6.45, 7) is 5.08. The van der Waals surface area contributed by atoms with Crippen LogP contribution in [0.25, 0.3) is 16.3 Å². The largest absolute Gasteiger partial charge is 0.490 e. The molecule has 5 aliphatic rings. The zero-order valence-corrected chi connectivity index (χ0v) is 45.2. The van der Waals surface area contributed by atoms with Crippen molar-refractivity contribution in [2.75, 3.05) is 63.9 Å². The minimum atomic E-state index is -1.08. The molecule has 0 saturated heterocycles. The van der Waals surface area contributed by atoms with E-state index >= 15 is 0 Å². The molecule has 7 aromatic rings. The van der Waals surface area contributed by atoms with Crippen LogP contribution in [0.3, 0.4) is 0 Å². The van der Waals surface area contributed by atoms with Gasteiger partial charge in [0, 0.05) is 120 Å². The van der Waals surface area contributed by atoms with Crippen molar-refractivity contribution in [3.63, 3.8) is 0 Å². The number of nitrogens with zero attached hydrogens (tertiary/aromatic N) is 3. The number of hydrogen-bond acceptors (Lipinski definition) is 9. The van der Waals surface area contributed by atoms with Crippen LogP contribution in [0, 0.1) is 0 Å². The first-order valence-corrected chi connectivity index (χ1v) is 28.7. The maximum atomic E-state index is 14.5. The van der Waals surface area contributed by atoms with Crippen LogP contribution in [0.2, 0.25) is 0 Å². The number of ether oxygens (including phenoxy) is 2. The average molecular weight is 1070 g/mol. The number of benzene rings is 7. The second kappa shape index (κ2) is 23.3. The first-order chi connectivity index (χ1) is 39.2. The lowest BCUT2D eigenvalue weighted by molar-refractivity contribution is -0.131. The number of carboxylic acid groups (broad SMARTS) is 1. The minimum absolute atomic E-state index is 0.0710. The van der Waals surface area contributed by atoms with Gasteiger partial charge in [-0.05, 0) is 110 Å². The number of ketones is 1. The highest BCUT2D eigenvalue weighted by Crippen LogP contribution is 2.48. The van der Waals surface area contributed by atoms with Crippen molar-refractivity contribution in [3.05, 3.63) is 199 Å². The number of aliphatic hydroxyl groups is 1. The van der Waals surface area contributed by atoms with Gasteiger partial charge in [0.2, 0.25) is 11.3 Å². The summed E-state index contributed by atoms with van der Waals surface area (Å²) in [5.74, 6) is 0.568. The van der Waals surface area contributed by atoms with Gasteiger partial charge in [-0.1, -0.05) is 91.0 Å². The number of amides is 2. The fourth-order valence-corrected chi connectivity index (χ4v) is 12.8. The fraction of sp³-hybridized carbons (Fsp3) is 0.328. The van der Waals surface area contributed by atoms with E-state index in [2.05, 4.69) is 32.2 Å². The number of carboxylic acids is 1. The van der Waals surface area contributed by atoms with Crippen LogP contribution in [0.1, 0.15) is 121 Å². The number of nitrogens with one attached hydrogen (secondary N) is 2. The van der Waals surface area contributed by atoms with Crippen LogP contribution in [0.5, 0.6) is 17.2 Å². The molecule has 13 heteroatoms. The van der Waals surface area contributed by atoms with Crippen LogP contribution >= 0.6 is 0 Å². The first kappa shape index (κ1) is 52.6. The number of aryl methyl sites for hydroxylation is 2. The quantitative estimate of drug-likeness (QED) is 0.0375. The highest BCUT2D eigenvalue weighted by Gasteiger charge is 2.36. The molecule has 0 unspecified atom stereocenters. The SMILES string of the molecule is O=C(NCCN(Cc1ccc(C(=O)c2ccccc2)cc1)C(=O)CCNC[C@H](O)COc1cccc2ccccc12)c1ccc(C(=O)O)c(C2=c3cc4c5c(c3Oc3c2cc2c6c3CCCN6CCCC2)CCC[N+]=5CCCC4)c1. The smallest absolute Gasteiger partial charge is 0.336 e. The molecule has 80 heavy (non-hydrogen) atoms. The number of carbonyl (C=O) groups is 4. The summed E-state index contributed by atoms with van der Waals surface area (Å²) >= 11 is 0. The third kappa shape index (κ3) is 10.7. The van der Waals surface area contributed by atoms with Gasteiger partial charge in [-0.3, -0.25) is 14.4 Å². The zero-order chi connectivity index (χ0) is 54.7. The van der Waals surface area contributed by atoms with Gasteiger partial charge in [-0.25, -0.2) is 9.37 Å². The number of rotatable bonds is 18. The summed E-state index contributed by atoms with van der Waals surface area (Å²) < 4.78 is 15.8. The number of carbonyl (C=O) groups excluding carboxylic acids is 3. The third-order valence-electron chi connectivity index (χ3n) is 16.7. The molecule has 2 amide bonds. The van der Waals surface area contributed by atoms with Crippen LogP contribution in [-0.2, 0) is 37.0 Å². The molecule has 0 radical (unpaired) electrons. The summed E-state index contributed by atoms with van der Waals surface area (Å²) in [6.07, 6.45) is 9.22. The normalized spacial score (nSPS) is 15.5. The number of hydrogen-bond donors (Lipinski definition) is 4. The molecule has 4 N–H and O–H groups in total. The van der Waals surface area contributed by atoms with Crippen LogP contribution in [-0.4, -0.2) is 104 Å². The molecule has 5 aliphatic heterocycles. The van der Waals surface area contributed by atoms with Gasteiger partial charge in [0.15, 0.2) is 5.78 Å². The molecule has 0 fully saturated rings. The highest BCUT2D eigenvalue weighted by atomic mass is 16.5. The van der Waals surface area contributed by atoms with Crippen molar-refractivity contribution in [2.45, 2.75) is 83.3 Å². The van der Waals surface area contributed by atoms with E-state index in [-0.39, 0.29) is 63.0 Å². The molecular weight excluding hydrogens is 1000 g/mol. The summed E-state index contributed by atoms with van der Waals surface area (Å²) in [4.78, 5) is 59.7. The Morgan fingerprint density at radius 3 is 2.31 bits per heavy atom. The molecule has 408 valence electrons. The first-order valence-electron chi connectivity index (χ1n) is 28.7. The van der Waals surface area contributed by atoms with E-state index in [0.717, 1.165) is 135 Å². The minimum Gasteiger partial charge on any atom is -0.490 e. The van der Waals surface area contributed by atoms with Gasteiger partial charge in [0.25, 0.3) is 5.91 Å². The standard InChI is InChI=1S/C67H67N5O8/c73-50(42-79-58-22-10-18-44-13-4-5-19-51(44)58)40-68-30-29-59(74)72(41-43-23-25-46(26-24-43)63(75)45-14-2-1-3-15-45)36-31-69-66(76)49-27-28-52(67(77)78)55(39-49)60-56-37-47-16-6-8-32-70-34-11-20-53(61(47)70)64(56)80-65-54-21-12-35-71-33-9-7-17-48(62(54)71)38-57(60)65/h1-5,10,13-15,18-19,22-28,37-39,50,68,73H,6-9,11-12,16-17,20-21,29-36,40-42H2,(H-,69,76,77,78)/p+1/t50-/m0/s1. The Morgan fingerprint density at radius 1 is 0.700 bits per heavy atom. The van der Waals surface area contributed by atoms with Gasteiger partial charge in [-0.2, -0.15) is 0 Å². The monoisotopic (exact) mass is 1070 g/mol. The maximum absolute atomic E-state index is 14.5. The molecule has 0 aliphatic carbocycles. The van der Waals surface area contributed by atoms with Gasteiger partial charge >= 0.3 is 5.97 Å². The van der Waals surface area contributed by atoms with Crippen LogP contribution < -0.4 is 40.2 Å². The average Bonchev–Trinajstić information content (AvgIpc) is 4.01. The van der Waals surface area contributed by atoms with E-state index in [1.54, 1.807) is 47.4 Å². The number of aliphatic hydroxyl groups excluding tert-OH is 1. The maximum Gasteiger partial charge on any atom is 0.336 e. The third-order valence-corrected chi connectivity index (χ3v) is 16.7. The summed E-state index contributed by atoms with van der Waals surface area (Å²) in [7, 11) is 0. The van der Waals surface area contributed by atoms with E-state index in [1.165, 1.54) is 33.3 Å². The van der Waals surface area contributed by atoms with Crippen molar-refractivity contribution < 1.29 is 38.9 Å². The van der Waals surface area contributed by atoms with Gasteiger partial charge in [0.05, 0.1) is 11.1 Å². The lowest BCUT2D eigenvalue weighted by atomic mass is 9.82. The lowest BCUT2D eigenvalue weighted by Gasteiger charge is -2.35. The number of aromatic carboxylic acids is 1. The number of anilines is 1. The topological polar surface area (TPSA) is 161 Å². The summed E-state index contributed by atoms with van der Waals surface area (Å²) in [6, 6.07) is 39.5. The Bertz CT molecular complexity index is 3680. The molecule has 0 spiro atoms. The summed E-state index contributed by atoms with van der Waals surface area (Å²) in [5.41, 5.74) is 10.7. The zero-order valence-electron chi connectivity index (χ0n) is 45.2. The molecular formula is C67H68N5O8+. The van der Waals surface area contributed by atoms with Crippen LogP contribution in [0.15, 0.2) is 127 Å². The Balaban J connectivity index is 0.814. The summed E-state index contributed by atoms with van der Waals surface area (Å²) in [5, 5.41) is 32.3. The van der Waals surface area contributed by atoms with Crippen molar-refractivity contribution in [1.29, 1.82) is 0 Å². The Hall–Kier alpha value is -8.13. The Labute approximate surface area is 466 Å². The van der Waals surface area contributed by atoms with Crippen molar-refractivity contribution >= 4 is 45.6 Å². The molecule has 12 rings (SSSR count). The number of fused-ring (bicyclic) bond motifs is 5. The van der Waals surface area contributed by atoms with Crippen LogP contribution in [0.4, 0.5) is 5.69 Å². The van der Waals surface area contributed by atoms with E-state index in [9.17, 15) is 29.4 Å². The fourth-order valence-electron chi connectivity index (χ4n) is 12.8. The second-order valence-electron chi connectivity index (χ2n) is 22.0. The van der Waals surface area contributed by atoms with E-state index in [4.69, 9.17) is 9.47 Å². The molecule has 0 saturated carbocycles. The van der Waals surface area contributed by atoms with Crippen molar-refractivity contribution in [1.82, 2.24) is 20.1 Å². The van der Waals surface area contributed by atoms with E-state index in [0.29, 0.717) is 28.0 Å². The van der Waals surface area contributed by atoms with Crippen molar-refractivity contribution in [3.8, 4) is 17.2 Å². The van der Waals surface area contributed by atoms with Gasteiger partial charge in [0.1, 0.15) is 43.0 Å². The molecule has 0 bridgehead atoms. The van der Waals surface area contributed by atoms with E-state index in [1.807, 2.05) is 72.8 Å². The predicted octanol–water partition coefficient (Wildman–Crippen LogP) is 8.16. The lowest BCUT2D eigenvalue weighted by Crippen LogP contribution is -2.41. The van der Waals surface area contributed by atoms with Gasteiger partial charge < -0.3 is 40.1 Å². The predicted molar refractivity (Wildman–Crippen MR) is 310 cm³/mol. The Morgan fingerprint density at radius 2 is 1.45 bits per heavy atom. The molecule has 13 nitrogen and oxygen atoms in total. The Kier molecular flexibility index (Phi) is 15.3. The second-order valence-corrected chi connectivity index (χ2v) is 22.0. The van der Waals surface area contributed by atoms with E-state index < -0.39 is 18.0 Å². The molecule has 7 aromatic carbocycles. The molecule has 1 atom stereocenters. The highest BCUT2D eigenvalue weighted by molar-refractivity contribution is 6.09. The van der Waals surface area contributed by atoms with Gasteiger partial charge in [-0.15, -0.1) is 0 Å². The molecule has 0 aromatic heterocycles. The van der Waals surface area contributed by atoms with Crippen molar-refractivity contribution in [2.24, 2.45) is 0 Å². The molecule has 5 heterocycles.